The number of carboxylic acid groups (broad SMARTS) is 1. The summed E-state index contributed by atoms with van der Waals surface area (Å²) >= 11 is 1.10. The zero-order valence-corrected chi connectivity index (χ0v) is 10.8. The van der Waals surface area contributed by atoms with E-state index in [1.54, 1.807) is 0 Å². The molecule has 0 radical (unpaired) electrons. The van der Waals surface area contributed by atoms with Crippen LogP contribution in [0, 0.1) is 11.3 Å². The van der Waals surface area contributed by atoms with Gasteiger partial charge in [0.1, 0.15) is 4.88 Å². The van der Waals surface area contributed by atoms with Gasteiger partial charge in [-0.15, -0.1) is 0 Å². The second kappa shape index (κ2) is 5.98. The number of anilines is 2. The Hall–Kier alpha value is -2.39. The van der Waals surface area contributed by atoms with Crippen LogP contribution < -0.4 is 4.90 Å². The Morgan fingerprint density at radius 1 is 1.42 bits per heavy atom. The monoisotopic (exact) mass is 273 g/mol. The fraction of sp³-hybridized carbons (Fsp3) is 0.154. The molecule has 19 heavy (non-hydrogen) atoms. The molecule has 2 rings (SSSR count). The highest BCUT2D eigenvalue weighted by atomic mass is 32.1. The maximum Gasteiger partial charge on any atom is 0.347 e. The van der Waals surface area contributed by atoms with E-state index in [2.05, 4.69) is 11.1 Å². The molecule has 0 bridgehead atoms. The van der Waals surface area contributed by atoms with Crippen molar-refractivity contribution >= 4 is 28.1 Å². The van der Waals surface area contributed by atoms with Crippen LogP contribution in [0.15, 0.2) is 36.5 Å². The molecular formula is C13H11N3O2S. The van der Waals surface area contributed by atoms with Crippen molar-refractivity contribution in [2.75, 3.05) is 11.4 Å². The molecule has 2 aromatic rings. The van der Waals surface area contributed by atoms with Crippen molar-refractivity contribution < 1.29 is 9.90 Å². The predicted molar refractivity (Wildman–Crippen MR) is 72.8 cm³/mol. The lowest BCUT2D eigenvalue weighted by Gasteiger charge is -2.20. The number of aromatic nitrogens is 1. The number of nitrogens with zero attached hydrogens (tertiary/aromatic N) is 3. The highest BCUT2D eigenvalue weighted by Crippen LogP contribution is 2.29. The van der Waals surface area contributed by atoms with Crippen LogP contribution >= 0.6 is 11.3 Å². The van der Waals surface area contributed by atoms with E-state index in [4.69, 9.17) is 10.4 Å². The Bertz CT molecular complexity index is 604. The Morgan fingerprint density at radius 3 is 2.74 bits per heavy atom. The van der Waals surface area contributed by atoms with Crippen molar-refractivity contribution in [3.63, 3.8) is 0 Å². The summed E-state index contributed by atoms with van der Waals surface area (Å²) in [6, 6.07) is 11.6. The van der Waals surface area contributed by atoms with Gasteiger partial charge in [-0.2, -0.15) is 5.26 Å². The summed E-state index contributed by atoms with van der Waals surface area (Å²) in [6.45, 7) is 0.479. The van der Waals surface area contributed by atoms with Crippen molar-refractivity contribution in [1.29, 1.82) is 5.26 Å². The second-order valence-corrected chi connectivity index (χ2v) is 4.72. The van der Waals surface area contributed by atoms with E-state index in [-0.39, 0.29) is 4.88 Å². The average Bonchev–Trinajstić information content (AvgIpc) is 2.90. The van der Waals surface area contributed by atoms with Crippen LogP contribution in [-0.2, 0) is 0 Å². The lowest BCUT2D eigenvalue weighted by molar-refractivity contribution is 0.0702. The third-order valence-electron chi connectivity index (χ3n) is 2.45. The molecule has 0 saturated heterocycles. The molecule has 1 N–H and O–H groups in total. The quantitative estimate of drug-likeness (QED) is 0.906. The van der Waals surface area contributed by atoms with Crippen LogP contribution in [0.25, 0.3) is 0 Å². The first-order valence-electron chi connectivity index (χ1n) is 5.61. The fourth-order valence-corrected chi connectivity index (χ4v) is 2.40. The first-order chi connectivity index (χ1) is 9.22. The van der Waals surface area contributed by atoms with E-state index in [9.17, 15) is 4.79 Å². The summed E-state index contributed by atoms with van der Waals surface area (Å²) < 4.78 is 0. The lowest BCUT2D eigenvalue weighted by atomic mass is 10.3. The van der Waals surface area contributed by atoms with E-state index in [0.29, 0.717) is 18.1 Å². The highest BCUT2D eigenvalue weighted by molar-refractivity contribution is 7.17. The summed E-state index contributed by atoms with van der Waals surface area (Å²) in [4.78, 5) is 17.0. The molecule has 0 atom stereocenters. The summed E-state index contributed by atoms with van der Waals surface area (Å²) in [7, 11) is 0. The Labute approximate surface area is 114 Å². The Morgan fingerprint density at radius 2 is 2.16 bits per heavy atom. The number of thiazole rings is 1. The van der Waals surface area contributed by atoms with Gasteiger partial charge in [-0.3, -0.25) is 0 Å². The first-order valence-corrected chi connectivity index (χ1v) is 6.42. The number of hydrogen-bond acceptors (Lipinski definition) is 5. The molecule has 1 aromatic carbocycles. The van der Waals surface area contributed by atoms with Crippen molar-refractivity contribution in [3.8, 4) is 6.07 Å². The molecule has 96 valence electrons. The molecule has 5 nitrogen and oxygen atoms in total. The number of aromatic carboxylic acids is 1. The maximum atomic E-state index is 10.9. The number of rotatable bonds is 5. The summed E-state index contributed by atoms with van der Waals surface area (Å²) in [5.74, 6) is -0.989. The first kappa shape index (κ1) is 13.1. The van der Waals surface area contributed by atoms with E-state index in [1.807, 2.05) is 35.2 Å². The van der Waals surface area contributed by atoms with Crippen LogP contribution in [0.4, 0.5) is 10.8 Å². The van der Waals surface area contributed by atoms with Crippen molar-refractivity contribution in [1.82, 2.24) is 4.98 Å². The molecule has 0 fully saturated rings. The number of para-hydroxylation sites is 1. The summed E-state index contributed by atoms with van der Waals surface area (Å²) in [6.07, 6.45) is 1.68. The molecule has 0 unspecified atom stereocenters. The van der Waals surface area contributed by atoms with Gasteiger partial charge >= 0.3 is 5.97 Å². The van der Waals surface area contributed by atoms with Gasteiger partial charge in [0.15, 0.2) is 5.13 Å². The van der Waals surface area contributed by atoms with Gasteiger partial charge in [0.25, 0.3) is 0 Å². The van der Waals surface area contributed by atoms with Gasteiger partial charge in [-0.1, -0.05) is 29.5 Å². The van der Waals surface area contributed by atoms with Crippen molar-refractivity contribution in [2.45, 2.75) is 6.42 Å². The van der Waals surface area contributed by atoms with Gasteiger partial charge in [0.05, 0.1) is 18.7 Å². The number of hydrogen-bond donors (Lipinski definition) is 1. The molecule has 1 heterocycles. The average molecular weight is 273 g/mol. The van der Waals surface area contributed by atoms with E-state index < -0.39 is 5.97 Å². The molecule has 0 aliphatic heterocycles. The second-order valence-electron chi connectivity index (χ2n) is 3.71. The van der Waals surface area contributed by atoms with Crippen LogP contribution in [0.5, 0.6) is 0 Å². The zero-order chi connectivity index (χ0) is 13.7. The predicted octanol–water partition coefficient (Wildman–Crippen LogP) is 2.89. The smallest absolute Gasteiger partial charge is 0.347 e. The number of nitriles is 1. The van der Waals surface area contributed by atoms with Gasteiger partial charge < -0.3 is 10.0 Å². The van der Waals surface area contributed by atoms with Crippen LogP contribution in [0.1, 0.15) is 16.1 Å². The largest absolute Gasteiger partial charge is 0.477 e. The minimum Gasteiger partial charge on any atom is -0.477 e. The number of benzene rings is 1. The molecule has 0 aliphatic carbocycles. The molecule has 0 spiro atoms. The molecular weight excluding hydrogens is 262 g/mol. The summed E-state index contributed by atoms with van der Waals surface area (Å²) in [5, 5.41) is 18.2. The maximum absolute atomic E-state index is 10.9. The minimum atomic E-state index is -0.989. The van der Waals surface area contributed by atoms with Gasteiger partial charge in [0.2, 0.25) is 0 Å². The highest BCUT2D eigenvalue weighted by Gasteiger charge is 2.15. The Balaban J connectivity index is 2.32. The van der Waals surface area contributed by atoms with Crippen molar-refractivity contribution in [2.24, 2.45) is 0 Å². The fourth-order valence-electron chi connectivity index (χ4n) is 1.59. The Kier molecular flexibility index (Phi) is 4.11. The van der Waals surface area contributed by atoms with E-state index >= 15 is 0 Å². The third-order valence-corrected chi connectivity index (χ3v) is 3.46. The number of carbonyl (C=O) groups is 1. The molecule has 6 heteroatoms. The molecule has 1 aromatic heterocycles. The van der Waals surface area contributed by atoms with E-state index in [1.165, 1.54) is 6.20 Å². The van der Waals surface area contributed by atoms with Crippen molar-refractivity contribution in [3.05, 3.63) is 41.4 Å². The topological polar surface area (TPSA) is 77.2 Å². The third kappa shape index (κ3) is 3.09. The number of carboxylic acids is 1. The normalized spacial score (nSPS) is 9.84. The minimum absolute atomic E-state index is 0.188. The lowest BCUT2D eigenvalue weighted by Crippen LogP contribution is -2.17. The SMILES string of the molecule is N#CCCN(c1ccccc1)c1ncc(C(=O)O)s1. The molecule has 0 amide bonds. The van der Waals surface area contributed by atoms with Crippen LogP contribution in [-0.4, -0.2) is 22.6 Å². The van der Waals surface area contributed by atoms with Crippen LogP contribution in [0.3, 0.4) is 0 Å². The van der Waals surface area contributed by atoms with Gasteiger partial charge in [-0.05, 0) is 12.1 Å². The zero-order valence-electron chi connectivity index (χ0n) is 9.98. The molecule has 0 aliphatic rings. The van der Waals surface area contributed by atoms with Crippen LogP contribution in [0.2, 0.25) is 0 Å². The van der Waals surface area contributed by atoms with Gasteiger partial charge in [-0.25, -0.2) is 9.78 Å². The molecule has 0 saturated carbocycles. The summed E-state index contributed by atoms with van der Waals surface area (Å²) in [5.41, 5.74) is 0.893. The van der Waals surface area contributed by atoms with Gasteiger partial charge in [0, 0.05) is 12.2 Å². The standard InChI is InChI=1S/C13H11N3O2S/c14-7-4-8-16(10-5-2-1-3-6-10)13-15-9-11(19-13)12(17)18/h1-3,5-6,9H,4,8H2,(H,17,18). The van der Waals surface area contributed by atoms with E-state index in [0.717, 1.165) is 17.0 Å².